The number of hydrogen-bond donors (Lipinski definition) is 1. The molecule has 3 heterocycles. The van der Waals surface area contributed by atoms with Crippen molar-refractivity contribution >= 4 is 16.9 Å². The van der Waals surface area contributed by atoms with Crippen LogP contribution in [0.4, 0.5) is 0 Å². The number of para-hydroxylation sites is 1. The number of aromatic nitrogens is 1. The standard InChI is InChI=1S/C19H22N2O3.C5H12.H2/c1-12-17-14(13-6-3-4-8-15(13)21-12)7-5-9-19(24-17)10-16(20-11-19)18(22)23-2;1-5(2,3)4;/h3-4,6,8,16,20H,5,7,9-11H2,1-2H3;1-4H3;1H/t16-,19?;;/m0../s1. The second kappa shape index (κ2) is 8.31. The molecule has 1 aromatic carbocycles. The van der Waals surface area contributed by atoms with E-state index < -0.39 is 0 Å². The van der Waals surface area contributed by atoms with E-state index >= 15 is 0 Å². The molecule has 5 nitrogen and oxygen atoms in total. The highest BCUT2D eigenvalue weighted by molar-refractivity contribution is 5.85. The fourth-order valence-corrected chi connectivity index (χ4v) is 4.04. The number of nitrogens with zero attached hydrogens (tertiary/aromatic N) is 1. The molecule has 0 saturated carbocycles. The molecule has 4 rings (SSSR count). The highest BCUT2D eigenvalue weighted by atomic mass is 16.5. The lowest BCUT2D eigenvalue weighted by Gasteiger charge is -2.29. The van der Waals surface area contributed by atoms with Crippen LogP contribution in [0.3, 0.4) is 0 Å². The summed E-state index contributed by atoms with van der Waals surface area (Å²) in [7, 11) is 1.43. The molecule has 1 saturated heterocycles. The van der Waals surface area contributed by atoms with Gasteiger partial charge in [0.05, 0.1) is 18.3 Å². The van der Waals surface area contributed by atoms with E-state index in [0.29, 0.717) is 18.4 Å². The van der Waals surface area contributed by atoms with Crippen LogP contribution in [-0.4, -0.2) is 36.3 Å². The van der Waals surface area contributed by atoms with Crippen molar-refractivity contribution < 1.29 is 15.7 Å². The third-order valence-corrected chi connectivity index (χ3v) is 5.23. The molecule has 2 aliphatic rings. The Morgan fingerprint density at radius 3 is 2.69 bits per heavy atom. The number of carbonyl (C=O) groups is 1. The van der Waals surface area contributed by atoms with E-state index in [1.807, 2.05) is 25.1 Å². The second-order valence-corrected chi connectivity index (χ2v) is 9.82. The fraction of sp³-hybridized carbons (Fsp3) is 0.583. The van der Waals surface area contributed by atoms with Gasteiger partial charge in [-0.05, 0) is 37.7 Å². The fourth-order valence-electron chi connectivity index (χ4n) is 4.04. The van der Waals surface area contributed by atoms with Gasteiger partial charge < -0.3 is 14.8 Å². The van der Waals surface area contributed by atoms with Gasteiger partial charge in [-0.25, -0.2) is 4.98 Å². The Morgan fingerprint density at radius 1 is 1.31 bits per heavy atom. The molecular weight excluding hydrogens is 364 g/mol. The van der Waals surface area contributed by atoms with Crippen molar-refractivity contribution in [1.82, 2.24) is 10.3 Å². The number of hydrogen-bond acceptors (Lipinski definition) is 5. The quantitative estimate of drug-likeness (QED) is 0.695. The van der Waals surface area contributed by atoms with Crippen LogP contribution in [-0.2, 0) is 16.0 Å². The highest BCUT2D eigenvalue weighted by Crippen LogP contribution is 2.40. The lowest BCUT2D eigenvalue weighted by molar-refractivity contribution is -0.143. The largest absolute Gasteiger partial charge is 0.484 e. The molecule has 0 bridgehead atoms. The van der Waals surface area contributed by atoms with E-state index in [1.54, 1.807) is 0 Å². The van der Waals surface area contributed by atoms with Crippen molar-refractivity contribution in [2.24, 2.45) is 5.41 Å². The lowest BCUT2D eigenvalue weighted by atomic mass is 9.93. The molecule has 29 heavy (non-hydrogen) atoms. The summed E-state index contributed by atoms with van der Waals surface area (Å²) in [6.07, 6.45) is 3.58. The third-order valence-electron chi connectivity index (χ3n) is 5.23. The molecule has 1 aromatic heterocycles. The van der Waals surface area contributed by atoms with E-state index in [0.717, 1.165) is 36.2 Å². The number of pyridine rings is 1. The van der Waals surface area contributed by atoms with Crippen LogP contribution in [0.25, 0.3) is 10.9 Å². The van der Waals surface area contributed by atoms with Crippen LogP contribution in [0.15, 0.2) is 24.3 Å². The van der Waals surface area contributed by atoms with Crippen LogP contribution in [0.5, 0.6) is 5.75 Å². The van der Waals surface area contributed by atoms with Crippen molar-refractivity contribution in [2.45, 2.75) is 71.9 Å². The molecule has 2 atom stereocenters. The van der Waals surface area contributed by atoms with E-state index in [9.17, 15) is 4.79 Å². The smallest absolute Gasteiger partial charge is 0.323 e. The summed E-state index contributed by atoms with van der Waals surface area (Å²) in [5, 5.41) is 4.43. The molecule has 160 valence electrons. The third kappa shape index (κ3) is 5.08. The molecule has 0 aliphatic carbocycles. The topological polar surface area (TPSA) is 60.5 Å². The minimum atomic E-state index is -0.348. The van der Waals surface area contributed by atoms with Crippen molar-refractivity contribution in [3.63, 3.8) is 0 Å². The summed E-state index contributed by atoms with van der Waals surface area (Å²) >= 11 is 0. The molecule has 1 fully saturated rings. The molecule has 1 unspecified atom stereocenters. The van der Waals surface area contributed by atoms with E-state index in [1.165, 1.54) is 18.1 Å². The van der Waals surface area contributed by atoms with Crippen molar-refractivity contribution in [3.05, 3.63) is 35.5 Å². The van der Waals surface area contributed by atoms with Crippen molar-refractivity contribution in [1.29, 1.82) is 0 Å². The first-order chi connectivity index (χ1) is 13.6. The van der Waals surface area contributed by atoms with Crippen LogP contribution in [0.2, 0.25) is 0 Å². The monoisotopic (exact) mass is 400 g/mol. The second-order valence-electron chi connectivity index (χ2n) is 9.82. The predicted octanol–water partition coefficient (Wildman–Crippen LogP) is 4.83. The van der Waals surface area contributed by atoms with Crippen LogP contribution < -0.4 is 10.1 Å². The first kappa shape index (κ1) is 21.6. The summed E-state index contributed by atoms with van der Waals surface area (Å²) in [5.74, 6) is 0.687. The Morgan fingerprint density at radius 2 is 2.00 bits per heavy atom. The molecule has 1 spiro atoms. The first-order valence-corrected chi connectivity index (χ1v) is 10.5. The zero-order valence-electron chi connectivity index (χ0n) is 18.6. The Labute approximate surface area is 175 Å². The number of carbonyl (C=O) groups excluding carboxylic acids is 1. The number of methoxy groups -OCH3 is 1. The van der Waals surface area contributed by atoms with Gasteiger partial charge in [0, 0.05) is 25.3 Å². The van der Waals surface area contributed by atoms with Crippen LogP contribution >= 0.6 is 0 Å². The van der Waals surface area contributed by atoms with Crippen molar-refractivity contribution in [3.8, 4) is 5.75 Å². The molecule has 5 heteroatoms. The number of aryl methyl sites for hydroxylation is 2. The number of esters is 1. The Bertz CT molecular complexity index is 888. The summed E-state index contributed by atoms with van der Waals surface area (Å²) in [6, 6.07) is 7.94. The Hall–Kier alpha value is -2.14. The molecule has 2 aromatic rings. The van der Waals surface area contributed by atoms with Gasteiger partial charge in [0.2, 0.25) is 0 Å². The minimum absolute atomic E-state index is 0. The van der Waals surface area contributed by atoms with Crippen LogP contribution in [0.1, 0.15) is 59.6 Å². The maximum atomic E-state index is 11.9. The molecule has 1 N–H and O–H groups in total. The zero-order chi connectivity index (χ0) is 21.2. The van der Waals surface area contributed by atoms with Gasteiger partial charge in [-0.1, -0.05) is 45.9 Å². The number of rotatable bonds is 1. The lowest BCUT2D eigenvalue weighted by Crippen LogP contribution is -2.38. The highest BCUT2D eigenvalue weighted by Gasteiger charge is 2.45. The predicted molar refractivity (Wildman–Crippen MR) is 118 cm³/mol. The van der Waals surface area contributed by atoms with Gasteiger partial charge in [-0.15, -0.1) is 0 Å². The average Bonchev–Trinajstić information content (AvgIpc) is 2.95. The first-order valence-electron chi connectivity index (χ1n) is 10.5. The van der Waals surface area contributed by atoms with Gasteiger partial charge in [0.25, 0.3) is 0 Å². The Kier molecular flexibility index (Phi) is 6.18. The van der Waals surface area contributed by atoms with E-state index in [4.69, 9.17) is 14.5 Å². The molecule has 0 radical (unpaired) electrons. The van der Waals surface area contributed by atoms with E-state index in [-0.39, 0.29) is 19.0 Å². The van der Waals surface area contributed by atoms with Gasteiger partial charge in [-0.3, -0.25) is 4.79 Å². The maximum Gasteiger partial charge on any atom is 0.323 e. The van der Waals surface area contributed by atoms with Gasteiger partial charge in [0.15, 0.2) is 0 Å². The van der Waals surface area contributed by atoms with Crippen LogP contribution in [0, 0.1) is 12.3 Å². The summed E-state index contributed by atoms with van der Waals surface area (Å²) in [5.41, 5.74) is 3.34. The van der Waals surface area contributed by atoms with Gasteiger partial charge >= 0.3 is 5.97 Å². The zero-order valence-corrected chi connectivity index (χ0v) is 18.6. The van der Waals surface area contributed by atoms with Crippen molar-refractivity contribution in [2.75, 3.05) is 13.7 Å². The maximum absolute atomic E-state index is 11.9. The number of fused-ring (bicyclic) bond motifs is 3. The average molecular weight is 401 g/mol. The summed E-state index contributed by atoms with van der Waals surface area (Å²) in [4.78, 5) is 16.6. The summed E-state index contributed by atoms with van der Waals surface area (Å²) in [6.45, 7) is 11.4. The Balaban J connectivity index is 0.000000482. The normalized spacial score (nSPS) is 23.6. The molecular formula is C24H36N2O3. The SMILES string of the molecule is CC(C)(C)C.COC(=O)[C@@H]1CC2(CCCc3c(c(C)nc4ccccc34)O2)CN1.[HH]. The molecule has 0 amide bonds. The number of benzene rings is 1. The van der Waals surface area contributed by atoms with Gasteiger partial charge in [-0.2, -0.15) is 0 Å². The molecule has 2 aliphatic heterocycles. The number of ether oxygens (including phenoxy) is 2. The number of nitrogens with one attached hydrogen (secondary N) is 1. The minimum Gasteiger partial charge on any atom is -0.484 e. The van der Waals surface area contributed by atoms with E-state index in [2.05, 4.69) is 39.1 Å². The van der Waals surface area contributed by atoms with Gasteiger partial charge in [0.1, 0.15) is 17.4 Å². The summed E-state index contributed by atoms with van der Waals surface area (Å²) < 4.78 is 11.4.